The molecule has 2 fully saturated rings. The molecule has 0 spiro atoms. The number of ether oxygens (including phenoxy) is 1. The molecule has 118 valence electrons. The maximum Gasteiger partial charge on any atom is 0.0637 e. The summed E-state index contributed by atoms with van der Waals surface area (Å²) in [4.78, 5) is 0. The molecule has 0 radical (unpaired) electrons. The Kier molecular flexibility index (Phi) is 5.14. The van der Waals surface area contributed by atoms with Crippen molar-refractivity contribution in [2.75, 3.05) is 19.8 Å². The minimum atomic E-state index is 0.237. The highest BCUT2D eigenvalue weighted by molar-refractivity contribution is 5.11. The average Bonchev–Trinajstić information content (AvgIpc) is 2.74. The Morgan fingerprint density at radius 1 is 1.35 bits per heavy atom. The van der Waals surface area contributed by atoms with E-state index < -0.39 is 0 Å². The van der Waals surface area contributed by atoms with Crippen LogP contribution in [0.1, 0.15) is 59.8 Å². The lowest BCUT2D eigenvalue weighted by atomic mass is 9.70. The molecule has 0 saturated heterocycles. The molecule has 0 aromatic heterocycles. The van der Waals surface area contributed by atoms with Gasteiger partial charge in [-0.2, -0.15) is 0 Å². The van der Waals surface area contributed by atoms with Crippen molar-refractivity contribution < 1.29 is 9.84 Å². The second-order valence-corrected chi connectivity index (χ2v) is 7.60. The van der Waals surface area contributed by atoms with Crippen LogP contribution in [0.5, 0.6) is 0 Å². The Hall–Kier alpha value is -0.120. The molecule has 2 aliphatic rings. The number of hydrogen-bond donors (Lipinski definition) is 2. The van der Waals surface area contributed by atoms with Crippen molar-refractivity contribution in [1.82, 2.24) is 5.32 Å². The number of aliphatic hydroxyl groups excluding tert-OH is 1. The lowest BCUT2D eigenvalue weighted by Gasteiger charge is -2.39. The second-order valence-electron chi connectivity index (χ2n) is 7.60. The van der Waals surface area contributed by atoms with Crippen LogP contribution in [-0.2, 0) is 4.74 Å². The third kappa shape index (κ3) is 2.77. The van der Waals surface area contributed by atoms with Crippen molar-refractivity contribution in [1.29, 1.82) is 0 Å². The van der Waals surface area contributed by atoms with Crippen molar-refractivity contribution >= 4 is 0 Å². The fraction of sp³-hybridized carbons (Fsp3) is 1.00. The lowest BCUT2D eigenvalue weighted by molar-refractivity contribution is -0.0548. The number of hydrogen-bond acceptors (Lipinski definition) is 3. The van der Waals surface area contributed by atoms with E-state index in [1.54, 1.807) is 0 Å². The van der Waals surface area contributed by atoms with Crippen LogP contribution in [0, 0.1) is 16.7 Å². The lowest BCUT2D eigenvalue weighted by Crippen LogP contribution is -2.41. The third-order valence-electron chi connectivity index (χ3n) is 6.37. The first-order valence-electron chi connectivity index (χ1n) is 8.41. The third-order valence-corrected chi connectivity index (χ3v) is 6.37. The highest BCUT2D eigenvalue weighted by atomic mass is 16.5. The van der Waals surface area contributed by atoms with Crippen molar-refractivity contribution in [3.63, 3.8) is 0 Å². The second kappa shape index (κ2) is 6.33. The van der Waals surface area contributed by atoms with Gasteiger partial charge in [0.2, 0.25) is 0 Å². The van der Waals surface area contributed by atoms with Gasteiger partial charge in [-0.25, -0.2) is 0 Å². The van der Waals surface area contributed by atoms with Crippen LogP contribution in [0.3, 0.4) is 0 Å². The Balaban J connectivity index is 1.88. The van der Waals surface area contributed by atoms with E-state index in [0.29, 0.717) is 23.0 Å². The van der Waals surface area contributed by atoms with Crippen molar-refractivity contribution in [3.8, 4) is 0 Å². The maximum atomic E-state index is 9.17. The standard InChI is InChI=1S/C17H33NO2/c1-5-9-18-14(7-10-19)12-20-15-11-13-6-8-17(15,4)16(13,2)3/h13-15,18-19H,5-12H2,1-4H3. The molecule has 0 heterocycles. The van der Waals surface area contributed by atoms with E-state index in [-0.39, 0.29) is 6.61 Å². The molecule has 20 heavy (non-hydrogen) atoms. The molecular formula is C17H33NO2. The van der Waals surface area contributed by atoms with Crippen LogP contribution < -0.4 is 5.32 Å². The highest BCUT2D eigenvalue weighted by Gasteiger charge is 2.61. The van der Waals surface area contributed by atoms with Gasteiger partial charge in [0.15, 0.2) is 0 Å². The summed E-state index contributed by atoms with van der Waals surface area (Å²) in [6.45, 7) is 11.4. The SMILES string of the molecule is CCCNC(CCO)COC1CC2CCC1(C)C2(C)C. The van der Waals surface area contributed by atoms with Gasteiger partial charge in [0.05, 0.1) is 12.7 Å². The number of aliphatic hydroxyl groups is 1. The normalized spacial score (nSPS) is 36.5. The van der Waals surface area contributed by atoms with E-state index in [4.69, 9.17) is 4.74 Å². The van der Waals surface area contributed by atoms with Gasteiger partial charge in [-0.3, -0.25) is 0 Å². The van der Waals surface area contributed by atoms with Crippen LogP contribution in [0.2, 0.25) is 0 Å². The molecule has 4 unspecified atom stereocenters. The quantitative estimate of drug-likeness (QED) is 0.719. The number of nitrogens with one attached hydrogen (secondary N) is 1. The fourth-order valence-corrected chi connectivity index (χ4v) is 4.36. The minimum Gasteiger partial charge on any atom is -0.396 e. The summed E-state index contributed by atoms with van der Waals surface area (Å²) in [5.41, 5.74) is 0.757. The van der Waals surface area contributed by atoms with Gasteiger partial charge in [0.25, 0.3) is 0 Å². The first-order chi connectivity index (χ1) is 9.45. The van der Waals surface area contributed by atoms with Crippen LogP contribution in [0.4, 0.5) is 0 Å². The zero-order valence-electron chi connectivity index (χ0n) is 13.7. The van der Waals surface area contributed by atoms with Gasteiger partial charge in [-0.15, -0.1) is 0 Å². The molecule has 2 saturated carbocycles. The topological polar surface area (TPSA) is 41.5 Å². The number of rotatable bonds is 8. The molecule has 3 heteroatoms. The van der Waals surface area contributed by atoms with E-state index >= 15 is 0 Å². The molecule has 0 aliphatic heterocycles. The Bertz CT molecular complexity index is 318. The summed E-state index contributed by atoms with van der Waals surface area (Å²) in [7, 11) is 0. The Morgan fingerprint density at radius 3 is 2.60 bits per heavy atom. The summed E-state index contributed by atoms with van der Waals surface area (Å²) in [5, 5.41) is 12.7. The van der Waals surface area contributed by atoms with E-state index in [2.05, 4.69) is 33.0 Å². The van der Waals surface area contributed by atoms with Crippen LogP contribution >= 0.6 is 0 Å². The van der Waals surface area contributed by atoms with Crippen LogP contribution in [-0.4, -0.2) is 37.0 Å². The number of fused-ring (bicyclic) bond motifs is 2. The summed E-state index contributed by atoms with van der Waals surface area (Å²) in [6.07, 6.45) is 6.22. The molecule has 2 N–H and O–H groups in total. The highest BCUT2D eigenvalue weighted by Crippen LogP contribution is 2.66. The first-order valence-corrected chi connectivity index (χ1v) is 8.41. The Labute approximate surface area is 124 Å². The predicted molar refractivity (Wildman–Crippen MR) is 82.8 cm³/mol. The van der Waals surface area contributed by atoms with E-state index in [0.717, 1.165) is 31.9 Å². The van der Waals surface area contributed by atoms with Gasteiger partial charge in [0, 0.05) is 12.6 Å². The van der Waals surface area contributed by atoms with E-state index in [1.165, 1.54) is 19.3 Å². The van der Waals surface area contributed by atoms with E-state index in [9.17, 15) is 5.11 Å². The van der Waals surface area contributed by atoms with Crippen LogP contribution in [0.25, 0.3) is 0 Å². The molecule has 0 aromatic carbocycles. The molecule has 0 amide bonds. The largest absolute Gasteiger partial charge is 0.396 e. The average molecular weight is 283 g/mol. The Morgan fingerprint density at radius 2 is 2.10 bits per heavy atom. The minimum absolute atomic E-state index is 0.237. The summed E-state index contributed by atoms with van der Waals surface area (Å²) in [5.74, 6) is 0.831. The van der Waals surface area contributed by atoms with Gasteiger partial charge >= 0.3 is 0 Å². The molecule has 2 bridgehead atoms. The smallest absolute Gasteiger partial charge is 0.0637 e. The first kappa shape index (κ1) is 16.3. The molecule has 2 aliphatic carbocycles. The summed E-state index contributed by atoms with van der Waals surface area (Å²) in [6, 6.07) is 0.297. The van der Waals surface area contributed by atoms with E-state index in [1.807, 2.05) is 0 Å². The van der Waals surface area contributed by atoms with Gasteiger partial charge in [-0.1, -0.05) is 27.7 Å². The zero-order chi connectivity index (χ0) is 14.8. The predicted octanol–water partition coefficient (Wildman–Crippen LogP) is 2.97. The van der Waals surface area contributed by atoms with Gasteiger partial charge < -0.3 is 15.2 Å². The van der Waals surface area contributed by atoms with Crippen molar-refractivity contribution in [2.24, 2.45) is 16.7 Å². The van der Waals surface area contributed by atoms with Crippen molar-refractivity contribution in [3.05, 3.63) is 0 Å². The molecule has 0 aromatic rings. The fourth-order valence-electron chi connectivity index (χ4n) is 4.36. The molecule has 4 atom stereocenters. The molecular weight excluding hydrogens is 250 g/mol. The summed E-state index contributed by atoms with van der Waals surface area (Å²) >= 11 is 0. The maximum absolute atomic E-state index is 9.17. The molecule has 2 rings (SSSR count). The summed E-state index contributed by atoms with van der Waals surface area (Å²) < 4.78 is 6.31. The van der Waals surface area contributed by atoms with Crippen LogP contribution in [0.15, 0.2) is 0 Å². The van der Waals surface area contributed by atoms with Gasteiger partial charge in [-0.05, 0) is 55.4 Å². The molecule has 3 nitrogen and oxygen atoms in total. The monoisotopic (exact) mass is 283 g/mol. The zero-order valence-corrected chi connectivity index (χ0v) is 13.7. The van der Waals surface area contributed by atoms with Gasteiger partial charge in [0.1, 0.15) is 0 Å². The van der Waals surface area contributed by atoms with Crippen molar-refractivity contribution in [2.45, 2.75) is 71.9 Å².